The highest BCUT2D eigenvalue weighted by Crippen LogP contribution is 2.53. The normalized spacial score (nSPS) is 25.6. The zero-order chi connectivity index (χ0) is 13.5. The molecule has 3 rings (SSSR count). The average Bonchev–Trinajstić information content (AvgIpc) is 2.76. The van der Waals surface area contributed by atoms with Crippen molar-refractivity contribution in [2.45, 2.75) is 38.0 Å². The lowest BCUT2D eigenvalue weighted by atomic mass is 9.66. The predicted octanol–water partition coefficient (Wildman–Crippen LogP) is 3.03. The number of benzene rings is 1. The van der Waals surface area contributed by atoms with E-state index in [0.717, 1.165) is 31.2 Å². The maximum atomic E-state index is 12.3. The lowest BCUT2D eigenvalue weighted by molar-refractivity contribution is -0.139. The third-order valence-corrected chi connectivity index (χ3v) is 4.67. The fraction of sp³-hybridized carbons (Fsp3) is 0.467. The summed E-state index contributed by atoms with van der Waals surface area (Å²) in [6.07, 6.45) is 4.54. The molecule has 1 N–H and O–H groups in total. The van der Waals surface area contributed by atoms with Crippen molar-refractivity contribution in [2.75, 3.05) is 0 Å². The molecule has 4 heteroatoms. The number of nitrogens with one attached hydrogen (secondary N) is 1. The van der Waals surface area contributed by atoms with Crippen LogP contribution in [0.5, 0.6) is 0 Å². The van der Waals surface area contributed by atoms with Crippen LogP contribution in [0.15, 0.2) is 24.3 Å². The van der Waals surface area contributed by atoms with E-state index in [1.807, 2.05) is 18.2 Å². The zero-order valence-corrected chi connectivity index (χ0v) is 11.4. The van der Waals surface area contributed by atoms with Crippen molar-refractivity contribution in [3.63, 3.8) is 0 Å². The quantitative estimate of drug-likeness (QED) is 0.802. The Hall–Kier alpha value is -1.35. The van der Waals surface area contributed by atoms with E-state index in [2.05, 4.69) is 5.32 Å². The molecule has 1 heterocycles. The summed E-state index contributed by atoms with van der Waals surface area (Å²) in [6, 6.07) is 7.45. The smallest absolute Gasteiger partial charge is 0.234 e. The van der Waals surface area contributed by atoms with Gasteiger partial charge in [0.15, 0.2) is 0 Å². The maximum absolute atomic E-state index is 12.3. The van der Waals surface area contributed by atoms with Gasteiger partial charge < -0.3 is 0 Å². The van der Waals surface area contributed by atoms with Crippen LogP contribution in [0.1, 0.15) is 43.6 Å². The van der Waals surface area contributed by atoms with E-state index in [1.54, 1.807) is 6.07 Å². The summed E-state index contributed by atoms with van der Waals surface area (Å²) < 4.78 is 0. The summed E-state index contributed by atoms with van der Waals surface area (Å²) in [7, 11) is 0. The van der Waals surface area contributed by atoms with Crippen LogP contribution in [0.2, 0.25) is 5.02 Å². The molecule has 100 valence electrons. The van der Waals surface area contributed by atoms with Gasteiger partial charge in [0.05, 0.1) is 5.92 Å². The van der Waals surface area contributed by atoms with Gasteiger partial charge in [-0.2, -0.15) is 0 Å². The molecule has 2 amide bonds. The molecule has 1 unspecified atom stereocenters. The molecule has 1 aromatic rings. The van der Waals surface area contributed by atoms with Gasteiger partial charge in [-0.3, -0.25) is 14.9 Å². The lowest BCUT2D eigenvalue weighted by Crippen LogP contribution is -2.49. The van der Waals surface area contributed by atoms with Crippen LogP contribution in [0.4, 0.5) is 0 Å². The van der Waals surface area contributed by atoms with Crippen molar-refractivity contribution in [2.24, 2.45) is 5.41 Å². The molecule has 0 radical (unpaired) electrons. The number of imide groups is 1. The molecule has 19 heavy (non-hydrogen) atoms. The van der Waals surface area contributed by atoms with Gasteiger partial charge in [0.1, 0.15) is 0 Å². The highest BCUT2D eigenvalue weighted by atomic mass is 35.5. The monoisotopic (exact) mass is 277 g/mol. The minimum absolute atomic E-state index is 0.134. The second kappa shape index (κ2) is 4.64. The molecule has 1 aliphatic carbocycles. The Labute approximate surface area is 117 Å². The molecular formula is C15H16ClNO2. The van der Waals surface area contributed by atoms with Crippen LogP contribution >= 0.6 is 11.6 Å². The summed E-state index contributed by atoms with van der Waals surface area (Å²) in [5.41, 5.74) is 0.740. The first kappa shape index (κ1) is 12.7. The Morgan fingerprint density at radius 1 is 1.21 bits per heavy atom. The molecule has 2 aliphatic rings. The SMILES string of the molecule is O=C1CC2(CCCC2)C(c2cccc(Cl)c2)C(=O)N1. The van der Waals surface area contributed by atoms with Crippen LogP contribution in [0.3, 0.4) is 0 Å². The van der Waals surface area contributed by atoms with Gasteiger partial charge >= 0.3 is 0 Å². The predicted molar refractivity (Wildman–Crippen MR) is 72.9 cm³/mol. The van der Waals surface area contributed by atoms with Gasteiger partial charge in [-0.25, -0.2) is 0 Å². The first-order valence-corrected chi connectivity index (χ1v) is 7.08. The number of amides is 2. The third-order valence-electron chi connectivity index (χ3n) is 4.43. The first-order chi connectivity index (χ1) is 9.11. The molecule has 2 fully saturated rings. The molecule has 1 aromatic carbocycles. The maximum Gasteiger partial charge on any atom is 0.234 e. The van der Waals surface area contributed by atoms with E-state index in [-0.39, 0.29) is 23.1 Å². The standard InChI is InChI=1S/C15H16ClNO2/c16-11-5-3-4-10(8-11)13-14(19)17-12(18)9-15(13)6-1-2-7-15/h3-5,8,13H,1-2,6-7,9H2,(H,17,18,19). The summed E-state index contributed by atoms with van der Waals surface area (Å²) in [5, 5.41) is 3.11. The second-order valence-electron chi connectivity index (χ2n) is 5.65. The van der Waals surface area contributed by atoms with Crippen molar-refractivity contribution < 1.29 is 9.59 Å². The van der Waals surface area contributed by atoms with Gasteiger partial charge in [-0.15, -0.1) is 0 Å². The summed E-state index contributed by atoms with van der Waals surface area (Å²) in [5.74, 6) is -0.544. The highest BCUT2D eigenvalue weighted by molar-refractivity contribution is 6.30. The molecule has 0 bridgehead atoms. The topological polar surface area (TPSA) is 46.2 Å². The number of hydrogen-bond acceptors (Lipinski definition) is 2. The summed E-state index contributed by atoms with van der Waals surface area (Å²) in [6.45, 7) is 0. The van der Waals surface area contributed by atoms with Gasteiger partial charge in [0.2, 0.25) is 11.8 Å². The minimum atomic E-state index is -0.244. The van der Waals surface area contributed by atoms with Crippen LogP contribution < -0.4 is 5.32 Å². The van der Waals surface area contributed by atoms with Crippen LogP contribution in [-0.2, 0) is 9.59 Å². The summed E-state index contributed by atoms with van der Waals surface area (Å²) >= 11 is 6.04. The lowest BCUT2D eigenvalue weighted by Gasteiger charge is -2.40. The Balaban J connectivity index is 2.05. The van der Waals surface area contributed by atoms with Crippen LogP contribution in [0, 0.1) is 5.41 Å². The fourth-order valence-electron chi connectivity index (χ4n) is 3.69. The van der Waals surface area contributed by atoms with E-state index >= 15 is 0 Å². The Morgan fingerprint density at radius 3 is 2.63 bits per heavy atom. The number of halogens is 1. The van der Waals surface area contributed by atoms with Crippen molar-refractivity contribution >= 4 is 23.4 Å². The second-order valence-corrected chi connectivity index (χ2v) is 6.08. The van der Waals surface area contributed by atoms with Gasteiger partial charge in [0.25, 0.3) is 0 Å². The van der Waals surface area contributed by atoms with E-state index < -0.39 is 0 Å². The minimum Gasteiger partial charge on any atom is -0.296 e. The van der Waals surface area contributed by atoms with Gasteiger partial charge in [0, 0.05) is 11.4 Å². The Bertz CT molecular complexity index is 535. The van der Waals surface area contributed by atoms with E-state index in [4.69, 9.17) is 11.6 Å². The van der Waals surface area contributed by atoms with Crippen LogP contribution in [-0.4, -0.2) is 11.8 Å². The van der Waals surface area contributed by atoms with Crippen molar-refractivity contribution in [1.82, 2.24) is 5.32 Å². The number of rotatable bonds is 1. The van der Waals surface area contributed by atoms with Gasteiger partial charge in [-0.05, 0) is 36.0 Å². The average molecular weight is 278 g/mol. The largest absolute Gasteiger partial charge is 0.296 e. The van der Waals surface area contributed by atoms with E-state index in [0.29, 0.717) is 11.4 Å². The molecule has 1 saturated heterocycles. The number of hydrogen-bond donors (Lipinski definition) is 1. The molecule has 0 aromatic heterocycles. The third kappa shape index (κ3) is 2.16. The van der Waals surface area contributed by atoms with Gasteiger partial charge in [-0.1, -0.05) is 36.6 Å². The zero-order valence-electron chi connectivity index (χ0n) is 10.6. The molecule has 1 atom stereocenters. The highest BCUT2D eigenvalue weighted by Gasteiger charge is 2.50. The van der Waals surface area contributed by atoms with Crippen molar-refractivity contribution in [3.8, 4) is 0 Å². The number of carbonyl (C=O) groups is 2. The number of piperidine rings is 1. The molecule has 3 nitrogen and oxygen atoms in total. The van der Waals surface area contributed by atoms with Crippen LogP contribution in [0.25, 0.3) is 0 Å². The Kier molecular flexibility index (Phi) is 3.09. The molecule has 1 aliphatic heterocycles. The number of carbonyl (C=O) groups excluding carboxylic acids is 2. The summed E-state index contributed by atoms with van der Waals surface area (Å²) in [4.78, 5) is 24.0. The Morgan fingerprint density at radius 2 is 1.95 bits per heavy atom. The molecular weight excluding hydrogens is 262 g/mol. The first-order valence-electron chi connectivity index (χ1n) is 6.70. The van der Waals surface area contributed by atoms with E-state index in [1.165, 1.54) is 0 Å². The van der Waals surface area contributed by atoms with Crippen molar-refractivity contribution in [1.29, 1.82) is 0 Å². The fourth-order valence-corrected chi connectivity index (χ4v) is 3.89. The van der Waals surface area contributed by atoms with Crippen molar-refractivity contribution in [3.05, 3.63) is 34.9 Å². The molecule has 1 saturated carbocycles. The molecule has 1 spiro atoms. The van der Waals surface area contributed by atoms with E-state index in [9.17, 15) is 9.59 Å².